The molecule has 2 saturated carbocycles. The van der Waals surface area contributed by atoms with Crippen molar-refractivity contribution in [1.29, 1.82) is 0 Å². The number of methoxy groups -OCH3 is 1. The van der Waals surface area contributed by atoms with Gasteiger partial charge in [-0.3, -0.25) is 23.9 Å². The highest BCUT2D eigenvalue weighted by Gasteiger charge is 2.44. The molecule has 0 bridgehead atoms. The van der Waals surface area contributed by atoms with E-state index in [9.17, 15) is 32.4 Å². The van der Waals surface area contributed by atoms with Crippen LogP contribution in [0.4, 0.5) is 4.79 Å². The van der Waals surface area contributed by atoms with Gasteiger partial charge in [0.2, 0.25) is 32.0 Å². The molecule has 14 nitrogen and oxygen atoms in total. The second-order valence-corrected chi connectivity index (χ2v) is 17.8. The molecular weight excluding hydrogens is 833 g/mol. The maximum Gasteiger partial charge on any atom is 0.408 e. The Morgan fingerprint density at radius 1 is 1.05 bits per heavy atom. The average molecular weight is 897 g/mol. The van der Waals surface area contributed by atoms with Gasteiger partial charge in [0.1, 0.15) is 18.3 Å². The molecule has 3 fully saturated rings. The lowest BCUT2D eigenvalue weighted by Crippen LogP contribution is -2.49. The predicted octanol–water partition coefficient (Wildman–Crippen LogP) is 7.26. The smallest absolute Gasteiger partial charge is 0.408 e. The first kappa shape index (κ1) is 58.3. The molecule has 4 amide bonds. The molecule has 0 unspecified atom stereocenters. The lowest BCUT2D eigenvalue weighted by molar-refractivity contribution is -0.136. The zero-order valence-electron chi connectivity index (χ0n) is 35.2. The summed E-state index contributed by atoms with van der Waals surface area (Å²) in [5.74, 6) is 1.69. The van der Waals surface area contributed by atoms with Crippen LogP contribution in [0.25, 0.3) is 10.8 Å². The summed E-state index contributed by atoms with van der Waals surface area (Å²) >= 11 is 17.1. The van der Waals surface area contributed by atoms with Gasteiger partial charge in [-0.1, -0.05) is 89.2 Å². The van der Waals surface area contributed by atoms with Crippen molar-refractivity contribution in [3.05, 3.63) is 54.0 Å². The number of terminal acetylenes is 1. The monoisotopic (exact) mass is 895 g/mol. The molecular formula is C40H64Cl3N5O9S. The van der Waals surface area contributed by atoms with Crippen LogP contribution >= 0.6 is 34.8 Å². The van der Waals surface area contributed by atoms with Crippen LogP contribution in [0.15, 0.2) is 48.4 Å². The maximum atomic E-state index is 12.0. The largest absolute Gasteiger partial charge is 0.497 e. The molecule has 3 aliphatic rings. The quantitative estimate of drug-likeness (QED) is 0.0910. The van der Waals surface area contributed by atoms with Crippen molar-refractivity contribution in [3.8, 4) is 18.6 Å². The number of benzene rings is 1. The van der Waals surface area contributed by atoms with Gasteiger partial charge in [0.25, 0.3) is 5.56 Å². The zero-order valence-corrected chi connectivity index (χ0v) is 38.3. The maximum absolute atomic E-state index is 12.0. The van der Waals surface area contributed by atoms with Crippen LogP contribution < -0.4 is 26.1 Å². The molecule has 2 aliphatic carbocycles. The minimum atomic E-state index is -3.26. The predicted molar refractivity (Wildman–Crippen MR) is 236 cm³/mol. The number of primary amides is 1. The first-order valence-electron chi connectivity index (χ1n) is 18.6. The number of ether oxygens (including phenoxy) is 2. The van der Waals surface area contributed by atoms with Crippen molar-refractivity contribution >= 4 is 79.9 Å². The van der Waals surface area contributed by atoms with E-state index < -0.39 is 43.4 Å². The van der Waals surface area contributed by atoms with Crippen LogP contribution in [0, 0.1) is 24.7 Å². The van der Waals surface area contributed by atoms with E-state index in [2.05, 4.69) is 64.0 Å². The minimum Gasteiger partial charge on any atom is -0.497 e. The number of pyridine rings is 1. The highest BCUT2D eigenvalue weighted by atomic mass is 35.6. The Bertz CT molecular complexity index is 1700. The van der Waals surface area contributed by atoms with E-state index in [-0.39, 0.29) is 23.8 Å². The average Bonchev–Trinajstić information content (AvgIpc) is 4.11. The first-order chi connectivity index (χ1) is 27.1. The van der Waals surface area contributed by atoms with Crippen LogP contribution in [0.1, 0.15) is 93.9 Å². The van der Waals surface area contributed by atoms with Gasteiger partial charge in [0.15, 0.2) is 5.60 Å². The number of alkyl carbamates (subject to hydrolysis) is 1. The van der Waals surface area contributed by atoms with Crippen molar-refractivity contribution in [3.63, 3.8) is 0 Å². The number of H-pyrrole nitrogens is 1. The third-order valence-corrected chi connectivity index (χ3v) is 10.5. The second-order valence-electron chi connectivity index (χ2n) is 13.6. The molecule has 1 atom stereocenters. The summed E-state index contributed by atoms with van der Waals surface area (Å²) in [4.78, 5) is 59.8. The third-order valence-electron chi connectivity index (χ3n) is 7.34. The summed E-state index contributed by atoms with van der Waals surface area (Å²) in [7, 11) is -1.65. The second kappa shape index (κ2) is 30.1. The fraction of sp³-hybridized carbons (Fsp3) is 0.575. The van der Waals surface area contributed by atoms with Crippen molar-refractivity contribution in [2.24, 2.45) is 17.6 Å². The molecule has 5 rings (SSSR count). The molecule has 1 aromatic carbocycles. The summed E-state index contributed by atoms with van der Waals surface area (Å²) in [6.07, 6.45) is 14.5. The number of sulfonamides is 1. The van der Waals surface area contributed by atoms with Gasteiger partial charge in [0, 0.05) is 18.1 Å². The summed E-state index contributed by atoms with van der Waals surface area (Å²) in [5, 5.41) is 3.54. The SMILES string of the molecule is C#C.C=C.CC.CC(C)(OC(=O)NCC(=O)N1CCC[C@H]1C(N)=O)C(Cl)(Cl)Cl.CC(C)C.CC1CC1.COc1ccc2c(=O)[nH]ccc2c1.O=CNS(=O)(=O)C1CC1. The van der Waals surface area contributed by atoms with Crippen LogP contribution in [0.3, 0.4) is 0 Å². The molecule has 18 heteroatoms. The molecule has 1 aliphatic heterocycles. The fourth-order valence-electron chi connectivity index (χ4n) is 3.94. The number of hydrogen-bond donors (Lipinski definition) is 4. The highest BCUT2D eigenvalue weighted by Crippen LogP contribution is 2.40. The standard InChI is InChI=1S/C12H18Cl3N3O4.C10H9NO2.C4H7NO3S.C4H8.C4H10.C2H6.C2H4.C2H2/c1-11(2,12(13,14)15)22-10(21)17-6-8(19)18-5-3-4-7(18)9(16)20;1-13-8-2-3-9-7(6-8)4-5-11-10(9)12;6-3-5-9(7,8)4-1-2-4;1-4-2-3-4;1-4(2)3;3*1-2/h7H,3-6H2,1-2H3,(H2,16,20)(H,17,21);2-6H,1H3,(H,11,12);3-4H,1-2H2,(H,5,6);4H,2-3H2,1H3;4H,1-3H3;1-2H3;1-2H2;1-2H/t7-;;;;;;;/m0......./s1. The lowest BCUT2D eigenvalue weighted by atomic mass is 10.2. The van der Waals surface area contributed by atoms with Crippen molar-refractivity contribution in [2.45, 2.75) is 115 Å². The number of likely N-dealkylation sites (tertiary alicyclic amines) is 1. The van der Waals surface area contributed by atoms with E-state index >= 15 is 0 Å². The van der Waals surface area contributed by atoms with E-state index in [1.54, 1.807) is 30.2 Å². The summed E-state index contributed by atoms with van der Waals surface area (Å²) in [6, 6.07) is 6.58. The number of carbonyl (C=O) groups is 4. The van der Waals surface area contributed by atoms with Crippen molar-refractivity contribution < 1.29 is 37.1 Å². The lowest BCUT2D eigenvalue weighted by Gasteiger charge is -2.31. The summed E-state index contributed by atoms with van der Waals surface area (Å²) in [6.45, 7) is 21.7. The number of rotatable bonds is 8. The molecule has 2 aromatic rings. The van der Waals surface area contributed by atoms with Crippen molar-refractivity contribution in [1.82, 2.24) is 19.9 Å². The fourth-order valence-corrected chi connectivity index (χ4v) is 5.14. The molecule has 1 aromatic heterocycles. The number of fused-ring (bicyclic) bond motifs is 1. The topological polar surface area (TPSA) is 207 Å². The van der Waals surface area contributed by atoms with Gasteiger partial charge in [0.05, 0.1) is 12.4 Å². The molecule has 330 valence electrons. The highest BCUT2D eigenvalue weighted by molar-refractivity contribution is 7.90. The number of nitrogens with two attached hydrogens (primary N) is 1. The molecule has 0 spiro atoms. The van der Waals surface area contributed by atoms with E-state index in [4.69, 9.17) is 50.0 Å². The van der Waals surface area contributed by atoms with Gasteiger partial charge in [-0.05, 0) is 81.0 Å². The summed E-state index contributed by atoms with van der Waals surface area (Å²) in [5.41, 5.74) is 3.77. The van der Waals surface area contributed by atoms with Crippen LogP contribution in [0.5, 0.6) is 5.75 Å². The first-order valence-corrected chi connectivity index (χ1v) is 21.3. The van der Waals surface area contributed by atoms with E-state index in [1.807, 2.05) is 26.0 Å². The molecule has 5 N–H and O–H groups in total. The van der Waals surface area contributed by atoms with Gasteiger partial charge in [-0.25, -0.2) is 13.2 Å². The minimum absolute atomic E-state index is 0.0693. The molecule has 0 radical (unpaired) electrons. The molecule has 2 heterocycles. The number of nitrogens with one attached hydrogen (secondary N) is 3. The number of aromatic amines is 1. The summed E-state index contributed by atoms with van der Waals surface area (Å²) < 4.78 is 31.3. The van der Waals surface area contributed by atoms with Crippen LogP contribution in [0.2, 0.25) is 0 Å². The van der Waals surface area contributed by atoms with Crippen molar-refractivity contribution in [2.75, 3.05) is 20.2 Å². The number of alkyl halides is 3. The van der Waals surface area contributed by atoms with Crippen LogP contribution in [-0.4, -0.2) is 83.5 Å². The van der Waals surface area contributed by atoms with Gasteiger partial charge in [-0.2, -0.15) is 0 Å². The molecule has 58 heavy (non-hydrogen) atoms. The number of aromatic nitrogens is 1. The van der Waals surface area contributed by atoms with Gasteiger partial charge >= 0.3 is 6.09 Å². The van der Waals surface area contributed by atoms with Crippen LogP contribution in [-0.2, 0) is 29.1 Å². The number of halogens is 3. The Morgan fingerprint density at radius 2 is 1.57 bits per heavy atom. The Labute approximate surface area is 360 Å². The van der Waals surface area contributed by atoms with Gasteiger partial charge in [-0.15, -0.1) is 26.0 Å². The normalized spacial score (nSPS) is 15.1. The number of carbonyl (C=O) groups excluding carboxylic acids is 4. The Kier molecular flexibility index (Phi) is 30.3. The van der Waals surface area contributed by atoms with Gasteiger partial charge < -0.3 is 30.4 Å². The van der Waals surface area contributed by atoms with E-state index in [1.165, 1.54) is 31.6 Å². The third kappa shape index (κ3) is 24.7. The van der Waals surface area contributed by atoms with E-state index in [0.29, 0.717) is 37.6 Å². The van der Waals surface area contributed by atoms with E-state index in [0.717, 1.165) is 23.0 Å². The zero-order chi connectivity index (χ0) is 45.9. The molecule has 1 saturated heterocycles. The Hall–Kier alpha value is -3.97. The Morgan fingerprint density at radius 3 is 1.98 bits per heavy atom. The Balaban J connectivity index is -0.000000709. The number of amides is 4. The number of hydrogen-bond acceptors (Lipinski definition) is 9. The number of nitrogens with zero attached hydrogens (tertiary/aromatic N) is 1.